The fourth-order valence-corrected chi connectivity index (χ4v) is 4.41. The second-order valence-electron chi connectivity index (χ2n) is 5.33. The lowest BCUT2D eigenvalue weighted by Gasteiger charge is -2.18. The number of thioether (sulfide) groups is 1. The van der Waals surface area contributed by atoms with Crippen molar-refractivity contribution in [2.45, 2.75) is 28.2 Å². The Morgan fingerprint density at radius 3 is 2.30 bits per heavy atom. The molecule has 4 nitrogen and oxygen atoms in total. The van der Waals surface area contributed by atoms with Gasteiger partial charge in [-0.05, 0) is 43.0 Å². The van der Waals surface area contributed by atoms with Crippen LogP contribution in [0.5, 0.6) is 0 Å². The second-order valence-corrected chi connectivity index (χ2v) is 8.26. The summed E-state index contributed by atoms with van der Waals surface area (Å²) in [4.78, 5) is 5.45. The first-order valence-electron chi connectivity index (χ1n) is 7.14. The standard InChI is InChI=1S/C17H17NO3S2/c1-12-3-9-15(10-4-12)23(19,20)17-16(21-11-18-17)13-5-7-14(22-2)8-6-13/h3-11,16-17H,1-2H3/t16-,17+/m0/s1. The summed E-state index contributed by atoms with van der Waals surface area (Å²) in [5.41, 5.74) is 1.82. The summed E-state index contributed by atoms with van der Waals surface area (Å²) in [6.07, 6.45) is 2.62. The Balaban J connectivity index is 1.93. The van der Waals surface area contributed by atoms with Crippen LogP contribution in [0, 0.1) is 6.92 Å². The molecule has 0 radical (unpaired) electrons. The number of hydrogen-bond donors (Lipinski definition) is 0. The largest absolute Gasteiger partial charge is 0.472 e. The van der Waals surface area contributed by atoms with Gasteiger partial charge in [0, 0.05) is 4.90 Å². The minimum atomic E-state index is -3.60. The van der Waals surface area contributed by atoms with Crippen LogP contribution < -0.4 is 0 Å². The zero-order chi connectivity index (χ0) is 16.4. The zero-order valence-corrected chi connectivity index (χ0v) is 14.5. The van der Waals surface area contributed by atoms with Gasteiger partial charge in [0.1, 0.15) is 0 Å². The quantitative estimate of drug-likeness (QED) is 0.793. The van der Waals surface area contributed by atoms with Gasteiger partial charge in [-0.25, -0.2) is 13.4 Å². The van der Waals surface area contributed by atoms with Gasteiger partial charge in [-0.15, -0.1) is 11.8 Å². The number of aliphatic imine (C=N–C) groups is 1. The molecule has 0 amide bonds. The molecule has 1 aliphatic rings. The van der Waals surface area contributed by atoms with Crippen molar-refractivity contribution in [2.75, 3.05) is 6.26 Å². The fourth-order valence-electron chi connectivity index (χ4n) is 2.45. The number of ether oxygens (including phenoxy) is 1. The van der Waals surface area contributed by atoms with Gasteiger partial charge in [-0.3, -0.25) is 0 Å². The molecule has 1 heterocycles. The second kappa shape index (κ2) is 6.37. The highest BCUT2D eigenvalue weighted by molar-refractivity contribution is 7.98. The average Bonchev–Trinajstić information content (AvgIpc) is 3.06. The molecule has 0 saturated carbocycles. The summed E-state index contributed by atoms with van der Waals surface area (Å²) in [7, 11) is -3.60. The van der Waals surface area contributed by atoms with E-state index in [2.05, 4.69) is 4.99 Å². The number of nitrogens with zero attached hydrogens (tertiary/aromatic N) is 1. The van der Waals surface area contributed by atoms with Crippen LogP contribution >= 0.6 is 11.8 Å². The Labute approximate surface area is 140 Å². The molecule has 6 heteroatoms. The van der Waals surface area contributed by atoms with E-state index in [1.54, 1.807) is 36.0 Å². The minimum Gasteiger partial charge on any atom is -0.472 e. The summed E-state index contributed by atoms with van der Waals surface area (Å²) < 4.78 is 31.2. The van der Waals surface area contributed by atoms with Crippen LogP contribution in [0.1, 0.15) is 17.2 Å². The topological polar surface area (TPSA) is 55.7 Å². The molecule has 1 aliphatic heterocycles. The molecule has 0 N–H and O–H groups in total. The van der Waals surface area contributed by atoms with Crippen LogP contribution in [0.4, 0.5) is 0 Å². The van der Waals surface area contributed by atoms with Crippen LogP contribution in [0.25, 0.3) is 0 Å². The van der Waals surface area contributed by atoms with E-state index in [9.17, 15) is 8.42 Å². The Hall–Kier alpha value is -1.79. The summed E-state index contributed by atoms with van der Waals surface area (Å²) in [6.45, 7) is 1.92. The van der Waals surface area contributed by atoms with E-state index in [0.717, 1.165) is 16.0 Å². The van der Waals surface area contributed by atoms with Crippen molar-refractivity contribution in [1.29, 1.82) is 0 Å². The molecule has 0 unspecified atom stereocenters. The molecule has 0 aliphatic carbocycles. The maximum atomic E-state index is 12.9. The van der Waals surface area contributed by atoms with Crippen LogP contribution in [-0.4, -0.2) is 26.4 Å². The van der Waals surface area contributed by atoms with E-state index in [1.807, 2.05) is 37.4 Å². The molecular formula is C17H17NO3S2. The predicted octanol–water partition coefficient (Wildman–Crippen LogP) is 3.62. The summed E-state index contributed by atoms with van der Waals surface area (Å²) >= 11 is 1.63. The summed E-state index contributed by atoms with van der Waals surface area (Å²) in [6, 6.07) is 14.5. The first-order chi connectivity index (χ1) is 11.0. The van der Waals surface area contributed by atoms with Gasteiger partial charge in [-0.2, -0.15) is 0 Å². The van der Waals surface area contributed by atoms with E-state index in [0.29, 0.717) is 0 Å². The van der Waals surface area contributed by atoms with Crippen molar-refractivity contribution in [2.24, 2.45) is 4.99 Å². The first kappa shape index (κ1) is 16.1. The van der Waals surface area contributed by atoms with Gasteiger partial charge in [-0.1, -0.05) is 29.8 Å². The lowest BCUT2D eigenvalue weighted by atomic mass is 10.1. The first-order valence-corrected chi connectivity index (χ1v) is 9.91. The third-order valence-electron chi connectivity index (χ3n) is 3.79. The van der Waals surface area contributed by atoms with Crippen LogP contribution in [0.2, 0.25) is 0 Å². The Morgan fingerprint density at radius 2 is 1.70 bits per heavy atom. The number of rotatable bonds is 4. The number of aryl methyl sites for hydroxylation is 1. The van der Waals surface area contributed by atoms with E-state index in [4.69, 9.17) is 4.74 Å². The van der Waals surface area contributed by atoms with Crippen molar-refractivity contribution >= 4 is 28.0 Å². The third kappa shape index (κ3) is 3.14. The summed E-state index contributed by atoms with van der Waals surface area (Å²) in [5.74, 6) is 0. The molecular weight excluding hydrogens is 330 g/mol. The van der Waals surface area contributed by atoms with Gasteiger partial charge in [0.15, 0.2) is 17.9 Å². The van der Waals surface area contributed by atoms with Gasteiger partial charge in [0.05, 0.1) is 4.90 Å². The zero-order valence-electron chi connectivity index (χ0n) is 12.8. The Morgan fingerprint density at radius 1 is 1.04 bits per heavy atom. The van der Waals surface area contributed by atoms with Crippen LogP contribution in [0.15, 0.2) is 63.3 Å². The van der Waals surface area contributed by atoms with Crippen molar-refractivity contribution in [3.63, 3.8) is 0 Å². The highest BCUT2D eigenvalue weighted by atomic mass is 32.2. The van der Waals surface area contributed by atoms with Gasteiger partial charge in [0.2, 0.25) is 9.84 Å². The summed E-state index contributed by atoms with van der Waals surface area (Å²) in [5, 5.41) is -0.953. The van der Waals surface area contributed by atoms with Crippen molar-refractivity contribution in [3.05, 3.63) is 59.7 Å². The Bertz CT molecular complexity index is 812. The monoisotopic (exact) mass is 347 g/mol. The number of benzene rings is 2. The SMILES string of the molecule is CSc1ccc([C@@H]2OC=N[C@@H]2S(=O)(=O)c2ccc(C)cc2)cc1. The molecule has 0 fully saturated rings. The molecule has 2 aromatic carbocycles. The maximum absolute atomic E-state index is 12.9. The van der Waals surface area contributed by atoms with Gasteiger partial charge >= 0.3 is 0 Å². The lowest BCUT2D eigenvalue weighted by molar-refractivity contribution is 0.227. The number of sulfone groups is 1. The predicted molar refractivity (Wildman–Crippen MR) is 92.7 cm³/mol. The molecule has 23 heavy (non-hydrogen) atoms. The highest BCUT2D eigenvalue weighted by Crippen LogP contribution is 2.34. The average molecular weight is 347 g/mol. The smallest absolute Gasteiger partial charge is 0.205 e. The molecule has 2 aromatic rings. The van der Waals surface area contributed by atoms with E-state index < -0.39 is 21.3 Å². The van der Waals surface area contributed by atoms with Crippen molar-refractivity contribution < 1.29 is 13.2 Å². The molecule has 0 spiro atoms. The maximum Gasteiger partial charge on any atom is 0.205 e. The molecule has 120 valence electrons. The fraction of sp³-hybridized carbons (Fsp3) is 0.235. The van der Waals surface area contributed by atoms with E-state index in [-0.39, 0.29) is 4.90 Å². The third-order valence-corrected chi connectivity index (χ3v) is 6.46. The van der Waals surface area contributed by atoms with Crippen molar-refractivity contribution in [3.8, 4) is 0 Å². The minimum absolute atomic E-state index is 0.265. The normalized spacial score (nSPS) is 20.4. The number of hydrogen-bond acceptors (Lipinski definition) is 5. The van der Waals surface area contributed by atoms with Crippen molar-refractivity contribution in [1.82, 2.24) is 0 Å². The van der Waals surface area contributed by atoms with E-state index in [1.165, 1.54) is 6.40 Å². The Kier molecular flexibility index (Phi) is 4.46. The molecule has 0 bridgehead atoms. The van der Waals surface area contributed by atoms with Crippen LogP contribution in [0.3, 0.4) is 0 Å². The highest BCUT2D eigenvalue weighted by Gasteiger charge is 2.39. The van der Waals surface area contributed by atoms with Gasteiger partial charge < -0.3 is 4.74 Å². The van der Waals surface area contributed by atoms with Gasteiger partial charge in [0.25, 0.3) is 0 Å². The molecule has 0 aromatic heterocycles. The van der Waals surface area contributed by atoms with Crippen LogP contribution in [-0.2, 0) is 14.6 Å². The molecule has 2 atom stereocenters. The molecule has 0 saturated heterocycles. The lowest BCUT2D eigenvalue weighted by Crippen LogP contribution is -2.24. The molecule has 3 rings (SSSR count). The van der Waals surface area contributed by atoms with E-state index >= 15 is 0 Å².